The summed E-state index contributed by atoms with van der Waals surface area (Å²) in [5.41, 5.74) is 6.12. The van der Waals surface area contributed by atoms with Crippen LogP contribution in [0.5, 0.6) is 5.88 Å². The lowest BCUT2D eigenvalue weighted by molar-refractivity contribution is 0.110. The highest BCUT2D eigenvalue weighted by Gasteiger charge is 2.20. The summed E-state index contributed by atoms with van der Waals surface area (Å²) in [4.78, 5) is 6.42. The fourth-order valence-corrected chi connectivity index (χ4v) is 1.99. The number of ether oxygens (including phenoxy) is 1. The molecule has 0 spiro atoms. The number of nitrogens with zero attached hydrogens (tertiary/aromatic N) is 3. The van der Waals surface area contributed by atoms with Gasteiger partial charge in [-0.2, -0.15) is 0 Å². The predicted octanol–water partition coefficient (Wildman–Crippen LogP) is 0.649. The van der Waals surface area contributed by atoms with E-state index in [1.165, 1.54) is 0 Å². The molecule has 1 aliphatic heterocycles. The Labute approximate surface area is 106 Å². The molecule has 1 saturated heterocycles. The Kier molecular flexibility index (Phi) is 3.99. The number of pyridine rings is 1. The van der Waals surface area contributed by atoms with Gasteiger partial charge in [-0.15, -0.1) is 0 Å². The SMILES string of the molecule is CN1CCC(Oc2ncccc2/C(N)=N/O)CC1. The van der Waals surface area contributed by atoms with Gasteiger partial charge in [0, 0.05) is 19.3 Å². The molecule has 1 aliphatic rings. The van der Waals surface area contributed by atoms with Crippen molar-refractivity contribution in [2.75, 3.05) is 20.1 Å². The van der Waals surface area contributed by atoms with Crippen molar-refractivity contribution in [3.8, 4) is 5.88 Å². The summed E-state index contributed by atoms with van der Waals surface area (Å²) in [6.07, 6.45) is 3.70. The zero-order chi connectivity index (χ0) is 13.0. The van der Waals surface area contributed by atoms with E-state index in [-0.39, 0.29) is 11.9 Å². The van der Waals surface area contributed by atoms with E-state index in [1.54, 1.807) is 18.3 Å². The normalized spacial score (nSPS) is 18.8. The highest BCUT2D eigenvalue weighted by atomic mass is 16.5. The second-order valence-corrected chi connectivity index (χ2v) is 4.46. The van der Waals surface area contributed by atoms with Gasteiger partial charge in [0.15, 0.2) is 5.84 Å². The van der Waals surface area contributed by atoms with E-state index in [1.807, 2.05) is 0 Å². The molecule has 3 N–H and O–H groups in total. The minimum Gasteiger partial charge on any atom is -0.474 e. The lowest BCUT2D eigenvalue weighted by Gasteiger charge is -2.29. The third kappa shape index (κ3) is 2.89. The molecule has 6 heteroatoms. The standard InChI is InChI=1S/C12H18N4O2/c1-16-7-4-9(5-8-16)18-12-10(11(13)15-17)3-2-6-14-12/h2-3,6,9,17H,4-5,7-8H2,1H3,(H2,13,15). The monoisotopic (exact) mass is 250 g/mol. The van der Waals surface area contributed by atoms with Gasteiger partial charge < -0.3 is 20.6 Å². The fourth-order valence-electron chi connectivity index (χ4n) is 1.99. The first-order chi connectivity index (χ1) is 8.70. The molecule has 0 saturated carbocycles. The molecule has 0 amide bonds. The van der Waals surface area contributed by atoms with Crippen LogP contribution in [0, 0.1) is 0 Å². The molecular weight excluding hydrogens is 232 g/mol. The molecular formula is C12H18N4O2. The molecule has 0 atom stereocenters. The first kappa shape index (κ1) is 12.6. The summed E-state index contributed by atoms with van der Waals surface area (Å²) in [7, 11) is 2.10. The molecule has 98 valence electrons. The third-order valence-corrected chi connectivity index (χ3v) is 3.10. The van der Waals surface area contributed by atoms with E-state index in [0.717, 1.165) is 25.9 Å². The number of oxime groups is 1. The van der Waals surface area contributed by atoms with Gasteiger partial charge in [0.05, 0.1) is 5.56 Å². The van der Waals surface area contributed by atoms with Gasteiger partial charge in [0.25, 0.3) is 0 Å². The Morgan fingerprint density at radius 2 is 2.28 bits per heavy atom. The summed E-state index contributed by atoms with van der Waals surface area (Å²) < 4.78 is 5.85. The molecule has 1 fully saturated rings. The van der Waals surface area contributed by atoms with Crippen molar-refractivity contribution in [2.45, 2.75) is 18.9 Å². The second kappa shape index (κ2) is 5.68. The van der Waals surface area contributed by atoms with Gasteiger partial charge in [0.1, 0.15) is 6.10 Å². The highest BCUT2D eigenvalue weighted by molar-refractivity contribution is 5.98. The van der Waals surface area contributed by atoms with Crippen LogP contribution in [0.3, 0.4) is 0 Å². The quantitative estimate of drug-likeness (QED) is 0.356. The lowest BCUT2D eigenvalue weighted by Crippen LogP contribution is -2.36. The summed E-state index contributed by atoms with van der Waals surface area (Å²) in [5.74, 6) is 0.452. The molecule has 0 unspecified atom stereocenters. The highest BCUT2D eigenvalue weighted by Crippen LogP contribution is 2.20. The van der Waals surface area contributed by atoms with Crippen LogP contribution >= 0.6 is 0 Å². The molecule has 0 aliphatic carbocycles. The lowest BCUT2D eigenvalue weighted by atomic mass is 10.1. The Bertz CT molecular complexity index is 428. The molecule has 2 rings (SSSR count). The number of hydrogen-bond acceptors (Lipinski definition) is 5. The zero-order valence-electron chi connectivity index (χ0n) is 10.4. The zero-order valence-corrected chi connectivity index (χ0v) is 10.4. The molecule has 0 radical (unpaired) electrons. The van der Waals surface area contributed by atoms with Crippen LogP contribution in [0.4, 0.5) is 0 Å². The fraction of sp³-hybridized carbons (Fsp3) is 0.500. The van der Waals surface area contributed by atoms with E-state index >= 15 is 0 Å². The number of amidine groups is 1. The number of hydrogen-bond donors (Lipinski definition) is 2. The van der Waals surface area contributed by atoms with Crippen molar-refractivity contribution in [3.63, 3.8) is 0 Å². The smallest absolute Gasteiger partial charge is 0.224 e. The van der Waals surface area contributed by atoms with E-state index in [2.05, 4.69) is 22.1 Å². The van der Waals surface area contributed by atoms with Crippen LogP contribution in [0.25, 0.3) is 0 Å². The van der Waals surface area contributed by atoms with Crippen LogP contribution in [-0.4, -0.2) is 47.2 Å². The average Bonchev–Trinajstić information content (AvgIpc) is 2.41. The van der Waals surface area contributed by atoms with E-state index < -0.39 is 0 Å². The van der Waals surface area contributed by atoms with Gasteiger partial charge in [-0.3, -0.25) is 0 Å². The van der Waals surface area contributed by atoms with E-state index in [9.17, 15) is 0 Å². The Hall–Kier alpha value is -1.82. The Balaban J connectivity index is 2.09. The van der Waals surface area contributed by atoms with Gasteiger partial charge in [0.2, 0.25) is 5.88 Å². The molecule has 18 heavy (non-hydrogen) atoms. The largest absolute Gasteiger partial charge is 0.474 e. The minimum absolute atomic E-state index is 0.0195. The van der Waals surface area contributed by atoms with Crippen molar-refractivity contribution in [1.82, 2.24) is 9.88 Å². The van der Waals surface area contributed by atoms with Crippen molar-refractivity contribution in [2.24, 2.45) is 10.9 Å². The maximum Gasteiger partial charge on any atom is 0.224 e. The summed E-state index contributed by atoms with van der Waals surface area (Å²) in [5, 5.41) is 11.7. The predicted molar refractivity (Wildman–Crippen MR) is 67.9 cm³/mol. The van der Waals surface area contributed by atoms with Crippen molar-refractivity contribution < 1.29 is 9.94 Å². The molecule has 0 bridgehead atoms. The van der Waals surface area contributed by atoms with Gasteiger partial charge in [-0.1, -0.05) is 5.16 Å². The van der Waals surface area contributed by atoms with Gasteiger partial charge in [-0.05, 0) is 32.0 Å². The first-order valence-electron chi connectivity index (χ1n) is 5.99. The molecule has 1 aromatic heterocycles. The van der Waals surface area contributed by atoms with Crippen LogP contribution in [-0.2, 0) is 0 Å². The summed E-state index contributed by atoms with van der Waals surface area (Å²) >= 11 is 0. The van der Waals surface area contributed by atoms with Crippen LogP contribution < -0.4 is 10.5 Å². The van der Waals surface area contributed by atoms with Crippen LogP contribution in [0.1, 0.15) is 18.4 Å². The summed E-state index contributed by atoms with van der Waals surface area (Å²) in [6, 6.07) is 3.46. The molecule has 6 nitrogen and oxygen atoms in total. The Morgan fingerprint density at radius 3 is 2.94 bits per heavy atom. The van der Waals surface area contributed by atoms with Crippen molar-refractivity contribution in [1.29, 1.82) is 0 Å². The van der Waals surface area contributed by atoms with Crippen LogP contribution in [0.2, 0.25) is 0 Å². The summed E-state index contributed by atoms with van der Waals surface area (Å²) in [6.45, 7) is 2.02. The number of nitrogens with two attached hydrogens (primary N) is 1. The van der Waals surface area contributed by atoms with Gasteiger partial charge >= 0.3 is 0 Å². The second-order valence-electron chi connectivity index (χ2n) is 4.46. The van der Waals surface area contributed by atoms with Crippen molar-refractivity contribution in [3.05, 3.63) is 23.9 Å². The number of piperidine rings is 1. The maximum atomic E-state index is 8.73. The maximum absolute atomic E-state index is 8.73. The number of likely N-dealkylation sites (tertiary alicyclic amines) is 1. The van der Waals surface area contributed by atoms with E-state index in [4.69, 9.17) is 15.7 Å². The first-order valence-corrected chi connectivity index (χ1v) is 5.99. The van der Waals surface area contributed by atoms with Gasteiger partial charge in [-0.25, -0.2) is 4.98 Å². The van der Waals surface area contributed by atoms with Crippen LogP contribution in [0.15, 0.2) is 23.5 Å². The van der Waals surface area contributed by atoms with E-state index in [0.29, 0.717) is 11.4 Å². The number of rotatable bonds is 3. The topological polar surface area (TPSA) is 84.0 Å². The van der Waals surface area contributed by atoms with Crippen molar-refractivity contribution >= 4 is 5.84 Å². The average molecular weight is 250 g/mol. The third-order valence-electron chi connectivity index (χ3n) is 3.10. The molecule has 1 aromatic rings. The minimum atomic E-state index is 0.0195. The molecule has 2 heterocycles. The number of aromatic nitrogens is 1. The Morgan fingerprint density at radius 1 is 1.56 bits per heavy atom. The molecule has 0 aromatic carbocycles.